The highest BCUT2D eigenvalue weighted by Crippen LogP contribution is 2.38. The van der Waals surface area contributed by atoms with Crippen LogP contribution in [0.5, 0.6) is 0 Å². The largest absolute Gasteiger partial charge is 0.394 e. The minimum Gasteiger partial charge on any atom is -0.394 e. The highest BCUT2D eigenvalue weighted by Gasteiger charge is 2.42. The molecule has 28 heavy (non-hydrogen) atoms. The van der Waals surface area contributed by atoms with E-state index in [1.165, 1.54) is 0 Å². The van der Waals surface area contributed by atoms with Crippen molar-refractivity contribution in [3.8, 4) is 6.07 Å². The van der Waals surface area contributed by atoms with E-state index in [-0.39, 0.29) is 12.5 Å². The second-order valence-corrected chi connectivity index (χ2v) is 7.49. The quantitative estimate of drug-likeness (QED) is 0.740. The van der Waals surface area contributed by atoms with Gasteiger partial charge in [0.1, 0.15) is 12.2 Å². The fourth-order valence-corrected chi connectivity index (χ4v) is 3.88. The Morgan fingerprint density at radius 2 is 1.71 bits per heavy atom. The number of hydrogen-bond acceptors (Lipinski definition) is 5. The summed E-state index contributed by atoms with van der Waals surface area (Å²) in [6, 6.07) is 15.9. The molecular formula is C23H27NO4. The monoisotopic (exact) mass is 381 g/mol. The van der Waals surface area contributed by atoms with Crippen LogP contribution >= 0.6 is 0 Å². The summed E-state index contributed by atoms with van der Waals surface area (Å²) < 4.78 is 6.00. The van der Waals surface area contributed by atoms with E-state index in [9.17, 15) is 15.3 Å². The molecule has 0 aromatic heterocycles. The average molecular weight is 381 g/mol. The van der Waals surface area contributed by atoms with Gasteiger partial charge in [-0.3, -0.25) is 0 Å². The first-order valence-electron chi connectivity index (χ1n) is 9.71. The van der Waals surface area contributed by atoms with Gasteiger partial charge in [-0.05, 0) is 47.2 Å². The molecule has 3 N–H and O–H groups in total. The Bertz CT molecular complexity index is 841. The van der Waals surface area contributed by atoms with Gasteiger partial charge >= 0.3 is 0 Å². The summed E-state index contributed by atoms with van der Waals surface area (Å²) in [5.74, 6) is -0.298. The molecule has 1 aliphatic rings. The molecule has 0 amide bonds. The molecule has 0 spiro atoms. The third-order valence-corrected chi connectivity index (χ3v) is 5.64. The zero-order chi connectivity index (χ0) is 20.3. The third-order valence-electron chi connectivity index (χ3n) is 5.64. The molecule has 1 heterocycles. The topological polar surface area (TPSA) is 93.7 Å². The zero-order valence-electron chi connectivity index (χ0n) is 16.2. The maximum absolute atomic E-state index is 10.4. The van der Waals surface area contributed by atoms with Gasteiger partial charge in [0.25, 0.3) is 0 Å². The Kier molecular flexibility index (Phi) is 6.48. The van der Waals surface area contributed by atoms with Crippen LogP contribution in [0.1, 0.15) is 47.8 Å². The lowest BCUT2D eigenvalue weighted by atomic mass is 9.82. The van der Waals surface area contributed by atoms with Gasteiger partial charge in [0.2, 0.25) is 0 Å². The van der Waals surface area contributed by atoms with Gasteiger partial charge in [-0.15, -0.1) is 0 Å². The van der Waals surface area contributed by atoms with Crippen molar-refractivity contribution in [3.05, 3.63) is 70.3 Å². The van der Waals surface area contributed by atoms with Crippen molar-refractivity contribution < 1.29 is 20.1 Å². The summed E-state index contributed by atoms with van der Waals surface area (Å²) in [4.78, 5) is 0. The SMILES string of the molecule is CCc1ccc(Cc2ccc(C#N)cc2)cc1[C@@H]1OC(CO)[C@@H](O)[C@H](O)[C@H]1C. The van der Waals surface area contributed by atoms with Crippen LogP contribution in [0.2, 0.25) is 0 Å². The molecule has 1 unspecified atom stereocenters. The van der Waals surface area contributed by atoms with Crippen LogP contribution in [0.15, 0.2) is 42.5 Å². The number of hydrogen-bond donors (Lipinski definition) is 3. The number of nitriles is 1. The lowest BCUT2D eigenvalue weighted by Gasteiger charge is -2.42. The fraction of sp³-hybridized carbons (Fsp3) is 0.435. The van der Waals surface area contributed by atoms with Gasteiger partial charge in [-0.25, -0.2) is 0 Å². The predicted molar refractivity (Wildman–Crippen MR) is 106 cm³/mol. The van der Waals surface area contributed by atoms with Gasteiger partial charge in [-0.2, -0.15) is 5.26 Å². The fourth-order valence-electron chi connectivity index (χ4n) is 3.88. The van der Waals surface area contributed by atoms with E-state index >= 15 is 0 Å². The molecule has 1 saturated heterocycles. The van der Waals surface area contributed by atoms with Crippen molar-refractivity contribution in [2.24, 2.45) is 5.92 Å². The van der Waals surface area contributed by atoms with E-state index in [1.807, 2.05) is 31.2 Å². The minimum absolute atomic E-state index is 0.298. The van der Waals surface area contributed by atoms with Crippen molar-refractivity contribution in [2.75, 3.05) is 6.61 Å². The minimum atomic E-state index is -1.09. The molecule has 0 bridgehead atoms. The Labute approximate surface area is 165 Å². The molecule has 2 aromatic carbocycles. The molecule has 5 atom stereocenters. The Morgan fingerprint density at radius 3 is 2.32 bits per heavy atom. The van der Waals surface area contributed by atoms with Crippen LogP contribution in [-0.2, 0) is 17.6 Å². The van der Waals surface area contributed by atoms with Crippen LogP contribution in [0.4, 0.5) is 0 Å². The van der Waals surface area contributed by atoms with Gasteiger partial charge in [0.05, 0.1) is 30.4 Å². The average Bonchev–Trinajstić information content (AvgIpc) is 2.73. The van der Waals surface area contributed by atoms with E-state index in [0.29, 0.717) is 5.56 Å². The van der Waals surface area contributed by atoms with Crippen molar-refractivity contribution >= 4 is 0 Å². The molecule has 148 valence electrons. The number of aliphatic hydroxyl groups is 3. The summed E-state index contributed by atoms with van der Waals surface area (Å²) in [6.45, 7) is 3.59. The normalized spacial score (nSPS) is 27.4. The summed E-state index contributed by atoms with van der Waals surface area (Å²) in [7, 11) is 0. The molecule has 1 fully saturated rings. The lowest BCUT2D eigenvalue weighted by Crippen LogP contribution is -2.51. The molecule has 1 aliphatic heterocycles. The molecule has 3 rings (SSSR count). The van der Waals surface area contributed by atoms with E-state index < -0.39 is 24.4 Å². The highest BCUT2D eigenvalue weighted by atomic mass is 16.5. The molecule has 0 radical (unpaired) electrons. The van der Waals surface area contributed by atoms with Crippen LogP contribution < -0.4 is 0 Å². The number of aliphatic hydroxyl groups excluding tert-OH is 3. The van der Waals surface area contributed by atoms with Crippen molar-refractivity contribution in [1.82, 2.24) is 0 Å². The first-order valence-corrected chi connectivity index (χ1v) is 9.71. The first-order chi connectivity index (χ1) is 13.5. The molecule has 5 nitrogen and oxygen atoms in total. The van der Waals surface area contributed by atoms with E-state index in [0.717, 1.165) is 35.1 Å². The van der Waals surface area contributed by atoms with Gasteiger partial charge < -0.3 is 20.1 Å². The molecular weight excluding hydrogens is 354 g/mol. The Hall–Kier alpha value is -2.23. The Balaban J connectivity index is 1.91. The van der Waals surface area contributed by atoms with Gasteiger partial charge in [0, 0.05) is 5.92 Å². The van der Waals surface area contributed by atoms with E-state index in [2.05, 4.69) is 31.2 Å². The van der Waals surface area contributed by atoms with Crippen LogP contribution in [0.25, 0.3) is 0 Å². The summed E-state index contributed by atoms with van der Waals surface area (Å²) in [5.41, 5.74) is 4.97. The number of rotatable bonds is 5. The maximum Gasteiger partial charge on any atom is 0.110 e. The van der Waals surface area contributed by atoms with Crippen molar-refractivity contribution in [2.45, 2.75) is 51.1 Å². The number of ether oxygens (including phenoxy) is 1. The first kappa shape index (κ1) is 20.5. The summed E-state index contributed by atoms with van der Waals surface area (Å²) in [5, 5.41) is 39.0. The second-order valence-electron chi connectivity index (χ2n) is 7.49. The van der Waals surface area contributed by atoms with E-state index in [1.54, 1.807) is 0 Å². The lowest BCUT2D eigenvalue weighted by molar-refractivity contribution is -0.207. The summed E-state index contributed by atoms with van der Waals surface area (Å²) >= 11 is 0. The highest BCUT2D eigenvalue weighted by molar-refractivity contribution is 5.39. The second kappa shape index (κ2) is 8.85. The van der Waals surface area contributed by atoms with Crippen molar-refractivity contribution in [1.29, 1.82) is 5.26 Å². The Morgan fingerprint density at radius 1 is 1.04 bits per heavy atom. The van der Waals surface area contributed by atoms with Gasteiger partial charge in [0.15, 0.2) is 0 Å². The van der Waals surface area contributed by atoms with Crippen LogP contribution in [-0.4, -0.2) is 40.2 Å². The standard InChI is InChI=1S/C23H27NO4/c1-3-18-9-8-17(10-15-4-6-16(12-24)7-5-15)11-19(18)23-14(2)21(26)22(27)20(13-25)28-23/h4-9,11,14,20-23,25-27H,3,10,13H2,1-2H3/t14-,20?,21-,22-,23-/m1/s1. The molecule has 5 heteroatoms. The molecule has 2 aromatic rings. The predicted octanol–water partition coefficient (Wildman–Crippen LogP) is 2.50. The number of aryl methyl sites for hydroxylation is 1. The van der Waals surface area contributed by atoms with Crippen LogP contribution in [0.3, 0.4) is 0 Å². The van der Waals surface area contributed by atoms with E-state index in [4.69, 9.17) is 10.00 Å². The van der Waals surface area contributed by atoms with Crippen LogP contribution in [0, 0.1) is 17.2 Å². The number of nitrogens with zero attached hydrogens (tertiary/aromatic N) is 1. The third kappa shape index (κ3) is 4.11. The smallest absolute Gasteiger partial charge is 0.110 e. The number of benzene rings is 2. The molecule has 0 saturated carbocycles. The van der Waals surface area contributed by atoms with Crippen molar-refractivity contribution in [3.63, 3.8) is 0 Å². The summed E-state index contributed by atoms with van der Waals surface area (Å²) in [6.07, 6.45) is -1.71. The maximum atomic E-state index is 10.4. The van der Waals surface area contributed by atoms with Gasteiger partial charge in [-0.1, -0.05) is 44.2 Å². The zero-order valence-corrected chi connectivity index (χ0v) is 16.2. The molecule has 0 aliphatic carbocycles.